The van der Waals surface area contributed by atoms with Gasteiger partial charge in [-0.2, -0.15) is 0 Å². The molecule has 28 heavy (non-hydrogen) atoms. The van der Waals surface area contributed by atoms with E-state index in [1.54, 1.807) is 0 Å². The van der Waals surface area contributed by atoms with Gasteiger partial charge in [0.2, 0.25) is 0 Å². The van der Waals surface area contributed by atoms with Crippen molar-refractivity contribution >= 4 is 29.3 Å². The van der Waals surface area contributed by atoms with Crippen LogP contribution in [0.3, 0.4) is 0 Å². The Kier molecular flexibility index (Phi) is 4.45. The minimum absolute atomic E-state index is 0.0728. The molecule has 4 rings (SSSR count). The molecule has 2 aliphatic heterocycles. The second-order valence-electron chi connectivity index (χ2n) is 6.44. The average Bonchev–Trinajstić information content (AvgIpc) is 3.29. The molecule has 0 aliphatic carbocycles. The summed E-state index contributed by atoms with van der Waals surface area (Å²) in [6.07, 6.45) is 1.89. The number of primary amides is 1. The number of carbonyl (C=O) groups is 1. The fourth-order valence-corrected chi connectivity index (χ4v) is 3.77. The van der Waals surface area contributed by atoms with Gasteiger partial charge in [0.25, 0.3) is 5.91 Å². The highest BCUT2D eigenvalue weighted by Gasteiger charge is 2.27. The fourth-order valence-electron chi connectivity index (χ4n) is 2.87. The summed E-state index contributed by atoms with van der Waals surface area (Å²) in [5.41, 5.74) is 5.34. The van der Waals surface area contributed by atoms with Crippen LogP contribution in [-0.4, -0.2) is 46.8 Å². The number of aromatic nitrogens is 1. The van der Waals surface area contributed by atoms with Crippen molar-refractivity contribution in [1.82, 2.24) is 4.98 Å². The smallest absolute Gasteiger partial charge is 0.277 e. The maximum absolute atomic E-state index is 14.6. The van der Waals surface area contributed by atoms with Crippen LogP contribution in [0.15, 0.2) is 22.1 Å². The molecular weight excluding hydrogens is 383 g/mol. The van der Waals surface area contributed by atoms with Gasteiger partial charge in [-0.05, 0) is 13.0 Å². The summed E-state index contributed by atoms with van der Waals surface area (Å²) < 4.78 is 20.2. The number of nitrogens with zero attached hydrogens (tertiary/aromatic N) is 3. The summed E-state index contributed by atoms with van der Waals surface area (Å²) in [5.74, 6) is 4.46. The van der Waals surface area contributed by atoms with E-state index in [1.807, 2.05) is 0 Å². The van der Waals surface area contributed by atoms with E-state index in [-0.39, 0.29) is 17.1 Å². The lowest BCUT2D eigenvalue weighted by Crippen LogP contribution is -2.34. The van der Waals surface area contributed by atoms with E-state index in [4.69, 9.17) is 10.5 Å². The van der Waals surface area contributed by atoms with Crippen LogP contribution >= 0.6 is 11.3 Å². The van der Waals surface area contributed by atoms with Crippen molar-refractivity contribution < 1.29 is 19.0 Å². The Morgan fingerprint density at radius 1 is 1.46 bits per heavy atom. The lowest BCUT2D eigenvalue weighted by Gasteiger charge is -2.15. The Bertz CT molecular complexity index is 1110. The van der Waals surface area contributed by atoms with Crippen molar-refractivity contribution in [3.63, 3.8) is 0 Å². The summed E-state index contributed by atoms with van der Waals surface area (Å²) >= 11 is 1.20. The van der Waals surface area contributed by atoms with Crippen molar-refractivity contribution in [2.24, 2.45) is 15.7 Å². The first-order chi connectivity index (χ1) is 13.3. The van der Waals surface area contributed by atoms with Gasteiger partial charge in [0, 0.05) is 22.9 Å². The number of fused-ring (bicyclic) bond motifs is 3. The summed E-state index contributed by atoms with van der Waals surface area (Å²) in [5, 5.41) is 10.7. The summed E-state index contributed by atoms with van der Waals surface area (Å²) in [6, 6.07) is 2.75. The molecule has 0 radical (unpaired) electrons. The van der Waals surface area contributed by atoms with Crippen LogP contribution < -0.4 is 10.5 Å². The lowest BCUT2D eigenvalue weighted by molar-refractivity contribution is 0.1000. The molecule has 2 aromatic rings. The van der Waals surface area contributed by atoms with Gasteiger partial charge in [0.15, 0.2) is 10.6 Å². The van der Waals surface area contributed by atoms with Gasteiger partial charge in [0.05, 0.1) is 30.1 Å². The molecule has 0 spiro atoms. The number of hydrogen-bond acceptors (Lipinski definition) is 7. The summed E-state index contributed by atoms with van der Waals surface area (Å²) in [7, 11) is 0. The van der Waals surface area contributed by atoms with Crippen LogP contribution in [0.1, 0.15) is 27.2 Å². The number of halogens is 1. The van der Waals surface area contributed by atoms with Crippen molar-refractivity contribution in [3.8, 4) is 28.8 Å². The van der Waals surface area contributed by atoms with Gasteiger partial charge < -0.3 is 15.6 Å². The Hall–Kier alpha value is -3.09. The highest BCUT2D eigenvalue weighted by molar-refractivity contribution is 7.14. The van der Waals surface area contributed by atoms with Crippen LogP contribution in [0.25, 0.3) is 11.3 Å². The third kappa shape index (κ3) is 3.28. The maximum Gasteiger partial charge on any atom is 0.277 e. The minimum Gasteiger partial charge on any atom is -0.492 e. The van der Waals surface area contributed by atoms with E-state index < -0.39 is 17.3 Å². The standard InChI is InChI=1S/C19H15FN4O3S/c1-19(26,15-8-22-9-23-15)4-2-10-6-11-13(7-12(10)20)27-5-3-14-16(11)24-18(28-14)17(21)25/h6-7,9,26H,3,5,8H2,1H3,(H2,21,25). The van der Waals surface area contributed by atoms with Gasteiger partial charge in [-0.15, -0.1) is 11.3 Å². The van der Waals surface area contributed by atoms with Gasteiger partial charge >= 0.3 is 0 Å². The van der Waals surface area contributed by atoms with E-state index in [2.05, 4.69) is 26.8 Å². The number of aliphatic hydroxyl groups is 1. The molecule has 7 nitrogen and oxygen atoms in total. The number of ether oxygens (including phenoxy) is 1. The first kappa shape index (κ1) is 18.3. The minimum atomic E-state index is -1.53. The first-order valence-electron chi connectivity index (χ1n) is 8.42. The van der Waals surface area contributed by atoms with Gasteiger partial charge in [-0.25, -0.2) is 14.4 Å². The second kappa shape index (κ2) is 6.82. The molecule has 3 heterocycles. The molecule has 1 amide bonds. The Labute approximate surface area is 163 Å². The predicted octanol–water partition coefficient (Wildman–Crippen LogP) is 1.57. The number of nitrogens with two attached hydrogens (primary N) is 1. The first-order valence-corrected chi connectivity index (χ1v) is 9.24. The van der Waals surface area contributed by atoms with E-state index in [9.17, 15) is 14.3 Å². The fraction of sp³-hybridized carbons (Fsp3) is 0.263. The number of aliphatic imine (C=N–C) groups is 2. The molecule has 142 valence electrons. The van der Waals surface area contributed by atoms with Crippen LogP contribution in [-0.2, 0) is 6.42 Å². The molecule has 1 aromatic carbocycles. The second-order valence-corrected chi connectivity index (χ2v) is 7.52. The van der Waals surface area contributed by atoms with Crippen LogP contribution in [0, 0.1) is 17.7 Å². The third-order valence-corrected chi connectivity index (χ3v) is 5.49. The summed E-state index contributed by atoms with van der Waals surface area (Å²) in [4.78, 5) is 24.5. The molecule has 3 N–H and O–H groups in total. The molecule has 0 saturated heterocycles. The molecule has 0 fully saturated rings. The largest absolute Gasteiger partial charge is 0.492 e. The van der Waals surface area contributed by atoms with Crippen LogP contribution in [0.5, 0.6) is 5.75 Å². The molecule has 1 atom stereocenters. The molecule has 2 aliphatic rings. The zero-order valence-corrected chi connectivity index (χ0v) is 15.6. The van der Waals surface area contributed by atoms with E-state index in [1.165, 1.54) is 36.7 Å². The lowest BCUT2D eigenvalue weighted by atomic mass is 9.99. The number of thiazole rings is 1. The zero-order valence-electron chi connectivity index (χ0n) is 14.8. The molecular formula is C19H15FN4O3S. The van der Waals surface area contributed by atoms with Gasteiger partial charge in [0.1, 0.15) is 17.9 Å². The SMILES string of the molecule is CC(O)(C#Cc1cc2c(cc1F)OCCc1sc(C(N)=O)nc1-2)C1=NC=NC1. The van der Waals surface area contributed by atoms with Crippen molar-refractivity contribution in [2.75, 3.05) is 13.2 Å². The van der Waals surface area contributed by atoms with Gasteiger partial charge in [-0.3, -0.25) is 9.79 Å². The zero-order chi connectivity index (χ0) is 19.9. The normalized spacial score (nSPS) is 16.6. The number of benzene rings is 1. The summed E-state index contributed by atoms with van der Waals surface area (Å²) in [6.45, 7) is 2.06. The van der Waals surface area contributed by atoms with Crippen molar-refractivity contribution in [2.45, 2.75) is 18.9 Å². The van der Waals surface area contributed by atoms with Crippen LogP contribution in [0.2, 0.25) is 0 Å². The molecule has 1 aromatic heterocycles. The Morgan fingerprint density at radius 2 is 2.29 bits per heavy atom. The molecule has 1 unspecified atom stereocenters. The predicted molar refractivity (Wildman–Crippen MR) is 104 cm³/mol. The number of carbonyl (C=O) groups excluding carboxylic acids is 1. The number of rotatable bonds is 2. The third-order valence-electron chi connectivity index (χ3n) is 4.36. The Morgan fingerprint density at radius 3 is 3.00 bits per heavy atom. The number of hydrogen-bond donors (Lipinski definition) is 2. The Balaban J connectivity index is 1.78. The highest BCUT2D eigenvalue weighted by atomic mass is 32.1. The molecule has 0 saturated carbocycles. The monoisotopic (exact) mass is 398 g/mol. The van der Waals surface area contributed by atoms with E-state index in [0.29, 0.717) is 35.7 Å². The van der Waals surface area contributed by atoms with Crippen molar-refractivity contribution in [1.29, 1.82) is 0 Å². The van der Waals surface area contributed by atoms with E-state index in [0.717, 1.165) is 4.88 Å². The molecule has 0 bridgehead atoms. The topological polar surface area (TPSA) is 110 Å². The quantitative estimate of drug-likeness (QED) is 0.748. The highest BCUT2D eigenvalue weighted by Crippen LogP contribution is 2.38. The van der Waals surface area contributed by atoms with Crippen molar-refractivity contribution in [3.05, 3.63) is 33.4 Å². The average molecular weight is 398 g/mol. The van der Waals surface area contributed by atoms with Crippen LogP contribution in [0.4, 0.5) is 4.39 Å². The number of amides is 1. The molecule has 9 heteroatoms. The van der Waals surface area contributed by atoms with E-state index >= 15 is 0 Å². The maximum atomic E-state index is 14.6. The van der Waals surface area contributed by atoms with Gasteiger partial charge in [-0.1, -0.05) is 11.8 Å².